The standard InChI is InChI=1S/C20H22N4OS/c1-12-8-6-7-9-18(12)24-20(21-22-23-24)26-16(5)19(25)17-11-14(3)13(2)10-15(17)4/h6-11,16H,1-5H3/t16-/m0/s1. The molecule has 5 nitrogen and oxygen atoms in total. The molecule has 0 saturated heterocycles. The van der Waals surface area contributed by atoms with Gasteiger partial charge in [-0.2, -0.15) is 4.68 Å². The zero-order valence-electron chi connectivity index (χ0n) is 15.6. The second-order valence-corrected chi connectivity index (χ2v) is 7.84. The van der Waals surface area contributed by atoms with Crippen molar-refractivity contribution in [3.63, 3.8) is 0 Å². The number of carbonyl (C=O) groups is 1. The Morgan fingerprint density at radius 1 is 1.00 bits per heavy atom. The molecule has 0 bridgehead atoms. The van der Waals surface area contributed by atoms with Crippen molar-refractivity contribution in [1.82, 2.24) is 20.2 Å². The Labute approximate surface area is 157 Å². The fraction of sp³-hybridized carbons (Fsp3) is 0.300. The van der Waals surface area contributed by atoms with Gasteiger partial charge in [0.05, 0.1) is 10.9 Å². The second kappa shape index (κ2) is 7.41. The Morgan fingerprint density at radius 2 is 1.69 bits per heavy atom. The highest BCUT2D eigenvalue weighted by molar-refractivity contribution is 8.00. The number of carbonyl (C=O) groups excluding carboxylic acids is 1. The first-order chi connectivity index (χ1) is 12.4. The minimum absolute atomic E-state index is 0.0925. The first-order valence-corrected chi connectivity index (χ1v) is 9.39. The highest BCUT2D eigenvalue weighted by Crippen LogP contribution is 2.27. The molecule has 3 rings (SSSR count). The van der Waals surface area contributed by atoms with E-state index < -0.39 is 0 Å². The van der Waals surface area contributed by atoms with Gasteiger partial charge in [0.15, 0.2) is 5.78 Å². The number of hydrogen-bond acceptors (Lipinski definition) is 5. The number of benzene rings is 2. The molecule has 0 unspecified atom stereocenters. The zero-order chi connectivity index (χ0) is 18.8. The maximum atomic E-state index is 13.0. The fourth-order valence-electron chi connectivity index (χ4n) is 2.86. The summed E-state index contributed by atoms with van der Waals surface area (Å²) in [4.78, 5) is 13.0. The number of nitrogens with zero attached hydrogens (tertiary/aromatic N) is 4. The minimum Gasteiger partial charge on any atom is -0.293 e. The Hall–Kier alpha value is -2.47. The van der Waals surface area contributed by atoms with E-state index in [-0.39, 0.29) is 11.0 Å². The van der Waals surface area contributed by atoms with Crippen LogP contribution in [0.3, 0.4) is 0 Å². The molecule has 0 saturated carbocycles. The van der Waals surface area contributed by atoms with E-state index in [1.165, 1.54) is 17.3 Å². The lowest BCUT2D eigenvalue weighted by molar-refractivity contribution is 0.0993. The van der Waals surface area contributed by atoms with Crippen LogP contribution in [0.5, 0.6) is 0 Å². The highest BCUT2D eigenvalue weighted by Gasteiger charge is 2.22. The summed E-state index contributed by atoms with van der Waals surface area (Å²) in [6, 6.07) is 12.0. The number of tetrazole rings is 1. The molecule has 134 valence electrons. The lowest BCUT2D eigenvalue weighted by Gasteiger charge is -2.14. The third kappa shape index (κ3) is 3.55. The summed E-state index contributed by atoms with van der Waals surface area (Å²) in [5, 5.41) is 12.3. The fourth-order valence-corrected chi connectivity index (χ4v) is 3.73. The van der Waals surface area contributed by atoms with Crippen molar-refractivity contribution in [1.29, 1.82) is 0 Å². The number of para-hydroxylation sites is 1. The molecule has 0 spiro atoms. The normalized spacial score (nSPS) is 12.2. The van der Waals surface area contributed by atoms with E-state index in [9.17, 15) is 4.79 Å². The Morgan fingerprint density at radius 3 is 2.42 bits per heavy atom. The summed E-state index contributed by atoms with van der Waals surface area (Å²) in [5.74, 6) is 0.0925. The minimum atomic E-state index is -0.287. The average molecular weight is 366 g/mol. The molecule has 3 aromatic rings. The molecule has 26 heavy (non-hydrogen) atoms. The predicted octanol–water partition coefficient (Wildman–Crippen LogP) is 4.26. The smallest absolute Gasteiger partial charge is 0.214 e. The summed E-state index contributed by atoms with van der Waals surface area (Å²) < 4.78 is 1.69. The molecule has 2 aromatic carbocycles. The SMILES string of the molecule is Cc1cc(C)c(C(=O)[C@H](C)Sc2nnnn2-c2ccccc2C)cc1C. The Balaban J connectivity index is 1.87. The number of ketones is 1. The van der Waals surface area contributed by atoms with Gasteiger partial charge in [-0.25, -0.2) is 0 Å². The maximum Gasteiger partial charge on any atom is 0.214 e. The summed E-state index contributed by atoms with van der Waals surface area (Å²) >= 11 is 1.38. The van der Waals surface area contributed by atoms with Crippen LogP contribution in [-0.2, 0) is 0 Å². The summed E-state index contributed by atoms with van der Waals surface area (Å²) in [6.45, 7) is 9.98. The van der Waals surface area contributed by atoms with Gasteiger partial charge >= 0.3 is 0 Å². The van der Waals surface area contributed by atoms with Crippen LogP contribution in [0.2, 0.25) is 0 Å². The molecule has 1 heterocycles. The van der Waals surface area contributed by atoms with Gasteiger partial charge in [0.25, 0.3) is 0 Å². The van der Waals surface area contributed by atoms with Crippen molar-refractivity contribution in [2.75, 3.05) is 0 Å². The van der Waals surface area contributed by atoms with Crippen LogP contribution in [0.4, 0.5) is 0 Å². The molecular weight excluding hydrogens is 344 g/mol. The van der Waals surface area contributed by atoms with Crippen LogP contribution >= 0.6 is 11.8 Å². The molecule has 0 fully saturated rings. The van der Waals surface area contributed by atoms with Crippen molar-refractivity contribution in [2.45, 2.75) is 45.0 Å². The third-order valence-corrected chi connectivity index (χ3v) is 5.58. The monoisotopic (exact) mass is 366 g/mol. The summed E-state index contributed by atoms with van der Waals surface area (Å²) in [7, 11) is 0. The lowest BCUT2D eigenvalue weighted by atomic mass is 9.97. The number of aromatic nitrogens is 4. The van der Waals surface area contributed by atoms with Crippen LogP contribution in [0, 0.1) is 27.7 Å². The van der Waals surface area contributed by atoms with Crippen LogP contribution in [-0.4, -0.2) is 31.2 Å². The number of rotatable bonds is 5. The molecule has 0 radical (unpaired) electrons. The molecule has 0 aliphatic rings. The van der Waals surface area contributed by atoms with Crippen molar-refractivity contribution in [3.05, 3.63) is 64.2 Å². The van der Waals surface area contributed by atoms with Gasteiger partial charge in [0.2, 0.25) is 5.16 Å². The summed E-state index contributed by atoms with van der Waals surface area (Å²) in [6.07, 6.45) is 0. The van der Waals surface area contributed by atoms with Gasteiger partial charge in [-0.1, -0.05) is 36.0 Å². The van der Waals surface area contributed by atoms with E-state index in [0.29, 0.717) is 5.16 Å². The maximum absolute atomic E-state index is 13.0. The topological polar surface area (TPSA) is 60.7 Å². The van der Waals surface area contributed by atoms with E-state index in [1.54, 1.807) is 4.68 Å². The van der Waals surface area contributed by atoms with Gasteiger partial charge in [0.1, 0.15) is 0 Å². The van der Waals surface area contributed by atoms with Gasteiger partial charge in [0, 0.05) is 5.56 Å². The molecule has 1 aromatic heterocycles. The third-order valence-electron chi connectivity index (χ3n) is 4.54. The predicted molar refractivity (Wildman–Crippen MR) is 104 cm³/mol. The number of Topliss-reactive ketones (excluding diaryl/α,β-unsaturated/α-hetero) is 1. The van der Waals surface area contributed by atoms with E-state index in [2.05, 4.69) is 28.5 Å². The molecular formula is C20H22N4OS. The van der Waals surface area contributed by atoms with Crippen LogP contribution in [0.1, 0.15) is 39.5 Å². The number of thioether (sulfide) groups is 1. The molecule has 0 aliphatic heterocycles. The molecule has 1 atom stereocenters. The molecule has 0 amide bonds. The second-order valence-electron chi connectivity index (χ2n) is 6.54. The number of hydrogen-bond donors (Lipinski definition) is 0. The van der Waals surface area contributed by atoms with Crippen molar-refractivity contribution < 1.29 is 4.79 Å². The molecule has 0 N–H and O–H groups in total. The van der Waals surface area contributed by atoms with Gasteiger partial charge < -0.3 is 0 Å². The van der Waals surface area contributed by atoms with Crippen molar-refractivity contribution in [2.24, 2.45) is 0 Å². The van der Waals surface area contributed by atoms with Crippen LogP contribution in [0.15, 0.2) is 41.6 Å². The van der Waals surface area contributed by atoms with Crippen molar-refractivity contribution in [3.8, 4) is 5.69 Å². The quantitative estimate of drug-likeness (QED) is 0.499. The van der Waals surface area contributed by atoms with E-state index in [4.69, 9.17) is 0 Å². The lowest BCUT2D eigenvalue weighted by Crippen LogP contribution is -2.16. The summed E-state index contributed by atoms with van der Waals surface area (Å²) in [5.41, 5.74) is 6.09. The van der Waals surface area contributed by atoms with Crippen molar-refractivity contribution >= 4 is 17.5 Å². The van der Waals surface area contributed by atoms with E-state index in [1.807, 2.05) is 58.0 Å². The average Bonchev–Trinajstić information content (AvgIpc) is 3.05. The Kier molecular flexibility index (Phi) is 5.23. The first-order valence-electron chi connectivity index (χ1n) is 8.51. The van der Waals surface area contributed by atoms with Crippen LogP contribution < -0.4 is 0 Å². The Bertz CT molecular complexity index is 964. The zero-order valence-corrected chi connectivity index (χ0v) is 16.5. The largest absolute Gasteiger partial charge is 0.293 e. The number of aryl methyl sites for hydroxylation is 4. The van der Waals surface area contributed by atoms with E-state index in [0.717, 1.165) is 27.9 Å². The van der Waals surface area contributed by atoms with Gasteiger partial charge in [-0.3, -0.25) is 4.79 Å². The molecule has 0 aliphatic carbocycles. The highest BCUT2D eigenvalue weighted by atomic mass is 32.2. The first kappa shape index (κ1) is 18.3. The van der Waals surface area contributed by atoms with E-state index >= 15 is 0 Å². The van der Waals surface area contributed by atoms with Crippen LogP contribution in [0.25, 0.3) is 5.69 Å². The molecule has 6 heteroatoms. The van der Waals surface area contributed by atoms with Gasteiger partial charge in [-0.15, -0.1) is 5.10 Å². The van der Waals surface area contributed by atoms with Gasteiger partial charge in [-0.05, 0) is 79.4 Å².